The molecule has 0 saturated heterocycles. The van der Waals surface area contributed by atoms with Crippen LogP contribution in [0.5, 0.6) is 0 Å². The Kier molecular flexibility index (Phi) is 4.75. The van der Waals surface area contributed by atoms with Gasteiger partial charge in [-0.15, -0.1) is 0 Å². The molecule has 1 aromatic carbocycles. The van der Waals surface area contributed by atoms with Crippen LogP contribution in [0.15, 0.2) is 30.3 Å². The molecule has 0 saturated carbocycles. The molecule has 2 aromatic rings. The quantitative estimate of drug-likeness (QED) is 0.793. The molecule has 0 spiro atoms. The molecule has 0 amide bonds. The van der Waals surface area contributed by atoms with E-state index in [1.165, 1.54) is 0 Å². The second kappa shape index (κ2) is 6.33. The number of methoxy groups -OCH3 is 1. The summed E-state index contributed by atoms with van der Waals surface area (Å²) < 4.78 is 5.09. The number of hydrogen-bond acceptors (Lipinski definition) is 3. The maximum atomic E-state index is 6.24. The third kappa shape index (κ3) is 3.24. The topological polar surface area (TPSA) is 35.0 Å². The molecule has 0 bridgehead atoms. The summed E-state index contributed by atoms with van der Waals surface area (Å²) in [6.45, 7) is 2.49. The van der Waals surface area contributed by atoms with Gasteiger partial charge in [-0.05, 0) is 5.56 Å². The van der Waals surface area contributed by atoms with E-state index in [-0.39, 0.29) is 5.92 Å². The van der Waals surface area contributed by atoms with Crippen LogP contribution in [0.3, 0.4) is 0 Å². The highest BCUT2D eigenvalue weighted by molar-refractivity contribution is 6.37. The van der Waals surface area contributed by atoms with Gasteiger partial charge in [0, 0.05) is 13.0 Å². The Hall–Kier alpha value is -1.16. The number of rotatable bonds is 4. The zero-order valence-corrected chi connectivity index (χ0v) is 12.2. The van der Waals surface area contributed by atoms with E-state index in [4.69, 9.17) is 27.9 Å². The minimum absolute atomic E-state index is 0.0461. The molecule has 0 aliphatic rings. The highest BCUT2D eigenvalue weighted by Gasteiger charge is 2.16. The van der Waals surface area contributed by atoms with Crippen LogP contribution in [0.25, 0.3) is 11.1 Å². The van der Waals surface area contributed by atoms with E-state index in [0.29, 0.717) is 28.3 Å². The molecule has 3 nitrogen and oxygen atoms in total. The highest BCUT2D eigenvalue weighted by Crippen LogP contribution is 2.33. The van der Waals surface area contributed by atoms with Crippen molar-refractivity contribution in [1.82, 2.24) is 9.97 Å². The maximum absolute atomic E-state index is 6.24. The Morgan fingerprint density at radius 3 is 2.21 bits per heavy atom. The highest BCUT2D eigenvalue weighted by atomic mass is 35.5. The zero-order chi connectivity index (χ0) is 13.8. The lowest BCUT2D eigenvalue weighted by Gasteiger charge is -2.12. The summed E-state index contributed by atoms with van der Waals surface area (Å²) in [6, 6.07) is 9.62. The van der Waals surface area contributed by atoms with E-state index in [2.05, 4.69) is 9.97 Å². The van der Waals surface area contributed by atoms with Crippen LogP contribution < -0.4 is 0 Å². The molecular weight excluding hydrogens is 283 g/mol. The molecule has 1 unspecified atom stereocenters. The van der Waals surface area contributed by atoms with Gasteiger partial charge in [-0.3, -0.25) is 0 Å². The number of halogens is 2. The van der Waals surface area contributed by atoms with E-state index in [0.717, 1.165) is 5.56 Å². The van der Waals surface area contributed by atoms with Gasteiger partial charge in [0.1, 0.15) is 16.1 Å². The fourth-order valence-electron chi connectivity index (χ4n) is 1.81. The molecule has 5 heteroatoms. The molecule has 0 fully saturated rings. The summed E-state index contributed by atoms with van der Waals surface area (Å²) in [6.07, 6.45) is 0. The SMILES string of the molecule is COCC(C)c1nc(Cl)c(-c2ccccc2)c(Cl)n1. The smallest absolute Gasteiger partial charge is 0.142 e. The summed E-state index contributed by atoms with van der Waals surface area (Å²) in [5.41, 5.74) is 1.57. The average molecular weight is 297 g/mol. The van der Waals surface area contributed by atoms with Crippen molar-refractivity contribution in [2.24, 2.45) is 0 Å². The minimum Gasteiger partial charge on any atom is -0.384 e. The molecular formula is C14H14Cl2N2O. The first kappa shape index (κ1) is 14.3. The predicted octanol–water partition coefficient (Wildman–Crippen LogP) is 4.20. The van der Waals surface area contributed by atoms with Gasteiger partial charge in [0.15, 0.2) is 0 Å². The van der Waals surface area contributed by atoms with Crippen molar-refractivity contribution in [2.75, 3.05) is 13.7 Å². The van der Waals surface area contributed by atoms with Crippen molar-refractivity contribution in [3.05, 3.63) is 46.5 Å². The predicted molar refractivity (Wildman–Crippen MR) is 77.8 cm³/mol. The number of nitrogens with zero attached hydrogens (tertiary/aromatic N) is 2. The Balaban J connectivity index is 2.43. The summed E-state index contributed by atoms with van der Waals surface area (Å²) in [5.74, 6) is 0.640. The van der Waals surface area contributed by atoms with Gasteiger partial charge in [-0.25, -0.2) is 9.97 Å². The molecule has 0 radical (unpaired) electrons. The van der Waals surface area contributed by atoms with Crippen LogP contribution >= 0.6 is 23.2 Å². The first-order chi connectivity index (χ1) is 9.13. The van der Waals surface area contributed by atoms with Crippen molar-refractivity contribution in [3.8, 4) is 11.1 Å². The van der Waals surface area contributed by atoms with E-state index in [1.54, 1.807) is 7.11 Å². The lowest BCUT2D eigenvalue weighted by molar-refractivity contribution is 0.181. The standard InChI is InChI=1S/C14H14Cl2N2O/c1-9(8-19-2)14-17-12(15)11(13(16)18-14)10-6-4-3-5-7-10/h3-7,9H,8H2,1-2H3. The summed E-state index contributed by atoms with van der Waals surface area (Å²) in [5, 5.41) is 0.730. The Labute approximate surface area is 122 Å². The molecule has 0 N–H and O–H groups in total. The lowest BCUT2D eigenvalue weighted by Crippen LogP contribution is -2.08. The number of aromatic nitrogens is 2. The van der Waals surface area contributed by atoms with Gasteiger partial charge in [0.25, 0.3) is 0 Å². The minimum atomic E-state index is 0.0461. The summed E-state index contributed by atoms with van der Waals surface area (Å²) in [4.78, 5) is 8.64. The van der Waals surface area contributed by atoms with Gasteiger partial charge in [-0.1, -0.05) is 60.5 Å². The summed E-state index contributed by atoms with van der Waals surface area (Å²) >= 11 is 12.5. The van der Waals surface area contributed by atoms with Crippen LogP contribution in [0.2, 0.25) is 10.3 Å². The second-order valence-electron chi connectivity index (χ2n) is 4.26. The molecule has 1 atom stereocenters. The van der Waals surface area contributed by atoms with Crippen molar-refractivity contribution in [1.29, 1.82) is 0 Å². The van der Waals surface area contributed by atoms with Gasteiger partial charge in [0.05, 0.1) is 12.2 Å². The largest absolute Gasteiger partial charge is 0.384 e. The van der Waals surface area contributed by atoms with Crippen molar-refractivity contribution in [2.45, 2.75) is 12.8 Å². The molecule has 100 valence electrons. The molecule has 2 rings (SSSR count). The van der Waals surface area contributed by atoms with Gasteiger partial charge >= 0.3 is 0 Å². The third-order valence-electron chi connectivity index (χ3n) is 2.76. The van der Waals surface area contributed by atoms with Gasteiger partial charge < -0.3 is 4.74 Å². The molecule has 0 aliphatic heterocycles. The maximum Gasteiger partial charge on any atom is 0.142 e. The Morgan fingerprint density at radius 1 is 1.11 bits per heavy atom. The van der Waals surface area contributed by atoms with Crippen LogP contribution in [-0.4, -0.2) is 23.7 Å². The Morgan fingerprint density at radius 2 is 1.68 bits per heavy atom. The van der Waals surface area contributed by atoms with Crippen molar-refractivity contribution >= 4 is 23.2 Å². The van der Waals surface area contributed by atoms with Crippen molar-refractivity contribution < 1.29 is 4.74 Å². The first-order valence-electron chi connectivity index (χ1n) is 5.90. The first-order valence-corrected chi connectivity index (χ1v) is 6.66. The van der Waals surface area contributed by atoms with E-state index in [9.17, 15) is 0 Å². The number of benzene rings is 1. The lowest BCUT2D eigenvalue weighted by atomic mass is 10.1. The van der Waals surface area contributed by atoms with E-state index < -0.39 is 0 Å². The van der Waals surface area contributed by atoms with E-state index >= 15 is 0 Å². The van der Waals surface area contributed by atoms with Crippen LogP contribution in [0, 0.1) is 0 Å². The fourth-order valence-corrected chi connectivity index (χ4v) is 2.43. The van der Waals surface area contributed by atoms with Gasteiger partial charge in [0.2, 0.25) is 0 Å². The number of ether oxygens (including phenoxy) is 1. The molecule has 19 heavy (non-hydrogen) atoms. The second-order valence-corrected chi connectivity index (χ2v) is 4.98. The normalized spacial score (nSPS) is 12.4. The average Bonchev–Trinajstić information content (AvgIpc) is 2.39. The molecule has 1 aromatic heterocycles. The fraction of sp³-hybridized carbons (Fsp3) is 0.286. The van der Waals surface area contributed by atoms with Crippen molar-refractivity contribution in [3.63, 3.8) is 0 Å². The molecule has 0 aliphatic carbocycles. The van der Waals surface area contributed by atoms with Crippen LogP contribution in [0.4, 0.5) is 0 Å². The molecule has 1 heterocycles. The Bertz CT molecular complexity index is 538. The van der Waals surface area contributed by atoms with Gasteiger partial charge in [-0.2, -0.15) is 0 Å². The monoisotopic (exact) mass is 296 g/mol. The number of hydrogen-bond donors (Lipinski definition) is 0. The zero-order valence-electron chi connectivity index (χ0n) is 10.7. The van der Waals surface area contributed by atoms with Crippen LogP contribution in [-0.2, 0) is 4.74 Å². The third-order valence-corrected chi connectivity index (χ3v) is 3.30. The van der Waals surface area contributed by atoms with Crippen LogP contribution in [0.1, 0.15) is 18.7 Å². The summed E-state index contributed by atoms with van der Waals surface area (Å²) in [7, 11) is 1.64. The van der Waals surface area contributed by atoms with E-state index in [1.807, 2.05) is 37.3 Å².